The Balaban J connectivity index is 1.79. The van der Waals surface area contributed by atoms with Gasteiger partial charge >= 0.3 is 6.18 Å². The van der Waals surface area contributed by atoms with Gasteiger partial charge in [0.15, 0.2) is 11.6 Å². The van der Waals surface area contributed by atoms with Crippen molar-refractivity contribution < 1.29 is 13.2 Å². The highest BCUT2D eigenvalue weighted by atomic mass is 19.4. The highest BCUT2D eigenvalue weighted by Crippen LogP contribution is 2.36. The summed E-state index contributed by atoms with van der Waals surface area (Å²) in [7, 11) is 0. The third-order valence-corrected chi connectivity index (χ3v) is 4.74. The molecule has 2 aromatic heterocycles. The van der Waals surface area contributed by atoms with Crippen LogP contribution in [0.4, 0.5) is 13.2 Å². The highest BCUT2D eigenvalue weighted by molar-refractivity contribution is 5.68. The fourth-order valence-corrected chi connectivity index (χ4v) is 3.50. The molecule has 3 heterocycles. The van der Waals surface area contributed by atoms with E-state index in [1.807, 2.05) is 47.2 Å². The molecule has 0 saturated carbocycles. The van der Waals surface area contributed by atoms with Crippen LogP contribution in [0.3, 0.4) is 0 Å². The molecule has 1 aliphatic rings. The van der Waals surface area contributed by atoms with E-state index in [4.69, 9.17) is 0 Å². The van der Waals surface area contributed by atoms with Crippen molar-refractivity contribution in [2.24, 2.45) is 0 Å². The second kappa shape index (κ2) is 5.57. The Morgan fingerprint density at radius 2 is 1.67 bits per heavy atom. The lowest BCUT2D eigenvalue weighted by molar-refractivity contribution is -0.137. The van der Waals surface area contributed by atoms with Gasteiger partial charge < -0.3 is 4.57 Å². The summed E-state index contributed by atoms with van der Waals surface area (Å²) in [6, 6.07) is 16.8. The number of fused-ring (bicyclic) bond motifs is 5. The van der Waals surface area contributed by atoms with E-state index < -0.39 is 11.7 Å². The van der Waals surface area contributed by atoms with Crippen molar-refractivity contribution in [2.75, 3.05) is 0 Å². The predicted octanol–water partition coefficient (Wildman–Crippen LogP) is 4.78. The Morgan fingerprint density at radius 3 is 2.52 bits per heavy atom. The molecule has 2 aromatic carbocycles. The SMILES string of the molecule is FC(F)(F)c1cccc(-c2nnc3n2-c2ccccc2Cn2cccc2-3)c1. The third kappa shape index (κ3) is 2.46. The highest BCUT2D eigenvalue weighted by Gasteiger charge is 2.31. The molecule has 0 bridgehead atoms. The smallest absolute Gasteiger partial charge is 0.340 e. The maximum atomic E-state index is 13.2. The van der Waals surface area contributed by atoms with Gasteiger partial charge in [-0.1, -0.05) is 30.3 Å². The maximum absolute atomic E-state index is 13.2. The fourth-order valence-electron chi connectivity index (χ4n) is 3.50. The van der Waals surface area contributed by atoms with Gasteiger partial charge in [0.2, 0.25) is 0 Å². The average Bonchev–Trinajstić information content (AvgIpc) is 3.26. The second-order valence-corrected chi connectivity index (χ2v) is 6.41. The third-order valence-electron chi connectivity index (χ3n) is 4.74. The first-order chi connectivity index (χ1) is 13.0. The largest absolute Gasteiger partial charge is 0.416 e. The Morgan fingerprint density at radius 1 is 0.852 bits per heavy atom. The summed E-state index contributed by atoms with van der Waals surface area (Å²) < 4.78 is 43.4. The topological polar surface area (TPSA) is 35.6 Å². The minimum atomic E-state index is -4.41. The van der Waals surface area contributed by atoms with E-state index >= 15 is 0 Å². The van der Waals surface area contributed by atoms with Gasteiger partial charge in [-0.05, 0) is 35.9 Å². The molecule has 0 fully saturated rings. The number of benzene rings is 2. The van der Waals surface area contributed by atoms with Crippen LogP contribution in [0.2, 0.25) is 0 Å². The Labute approximate surface area is 152 Å². The van der Waals surface area contributed by atoms with Gasteiger partial charge in [-0.3, -0.25) is 4.57 Å². The molecular weight excluding hydrogens is 353 g/mol. The van der Waals surface area contributed by atoms with Gasteiger partial charge in [-0.25, -0.2) is 0 Å². The van der Waals surface area contributed by atoms with Gasteiger partial charge in [0.1, 0.15) is 0 Å². The first-order valence-electron chi connectivity index (χ1n) is 8.39. The van der Waals surface area contributed by atoms with Crippen LogP contribution in [0.15, 0.2) is 66.9 Å². The summed E-state index contributed by atoms with van der Waals surface area (Å²) in [5, 5.41) is 8.55. The minimum absolute atomic E-state index is 0.374. The molecule has 27 heavy (non-hydrogen) atoms. The molecule has 1 aliphatic heterocycles. The molecule has 0 atom stereocenters. The van der Waals surface area contributed by atoms with Crippen LogP contribution in [-0.2, 0) is 12.7 Å². The van der Waals surface area contributed by atoms with Crippen molar-refractivity contribution in [3.05, 3.63) is 78.0 Å². The van der Waals surface area contributed by atoms with Crippen molar-refractivity contribution in [1.82, 2.24) is 19.3 Å². The number of hydrogen-bond acceptors (Lipinski definition) is 2. The Bertz CT molecular complexity index is 1150. The summed E-state index contributed by atoms with van der Waals surface area (Å²) in [5.74, 6) is 0.996. The first kappa shape index (κ1) is 15.9. The molecule has 0 radical (unpaired) electrons. The number of aromatic nitrogens is 4. The predicted molar refractivity (Wildman–Crippen MR) is 94.3 cm³/mol. The van der Waals surface area contributed by atoms with E-state index in [0.717, 1.165) is 29.1 Å². The first-order valence-corrected chi connectivity index (χ1v) is 8.39. The molecule has 0 saturated heterocycles. The lowest BCUT2D eigenvalue weighted by Crippen LogP contribution is -2.06. The van der Waals surface area contributed by atoms with Crippen molar-refractivity contribution in [3.8, 4) is 28.6 Å². The standard InChI is InChI=1S/C20H13F3N4/c21-20(22,23)15-7-3-6-13(11-15)18-24-25-19-17-9-4-10-26(17)12-14-5-1-2-8-16(14)27(18)19/h1-11H,12H2. The zero-order chi connectivity index (χ0) is 18.6. The fraction of sp³-hybridized carbons (Fsp3) is 0.100. The minimum Gasteiger partial charge on any atom is -0.340 e. The van der Waals surface area contributed by atoms with Gasteiger partial charge in [0.05, 0.1) is 16.9 Å². The van der Waals surface area contributed by atoms with Gasteiger partial charge in [-0.15, -0.1) is 10.2 Å². The van der Waals surface area contributed by atoms with E-state index in [1.54, 1.807) is 6.07 Å². The molecule has 4 aromatic rings. The normalized spacial score (nSPS) is 12.9. The summed E-state index contributed by atoms with van der Waals surface area (Å²) in [4.78, 5) is 0. The zero-order valence-electron chi connectivity index (χ0n) is 14.0. The van der Waals surface area contributed by atoms with E-state index in [1.165, 1.54) is 6.07 Å². The number of alkyl halides is 3. The summed E-state index contributed by atoms with van der Waals surface area (Å²) in [5.41, 5.74) is 2.45. The quantitative estimate of drug-likeness (QED) is 0.428. The van der Waals surface area contributed by atoms with E-state index in [0.29, 0.717) is 23.8 Å². The number of nitrogens with zero attached hydrogens (tertiary/aromatic N) is 4. The van der Waals surface area contributed by atoms with Crippen LogP contribution in [0, 0.1) is 0 Å². The van der Waals surface area contributed by atoms with Crippen LogP contribution in [0.25, 0.3) is 28.6 Å². The molecule has 5 rings (SSSR count). The molecule has 7 heteroatoms. The molecular formula is C20H13F3N4. The Hall–Kier alpha value is -3.35. The number of para-hydroxylation sites is 1. The molecule has 134 valence electrons. The van der Waals surface area contributed by atoms with Crippen LogP contribution in [0.1, 0.15) is 11.1 Å². The number of halogens is 3. The van der Waals surface area contributed by atoms with E-state index in [2.05, 4.69) is 14.8 Å². The number of rotatable bonds is 1. The zero-order valence-corrected chi connectivity index (χ0v) is 14.0. The van der Waals surface area contributed by atoms with Gasteiger partial charge in [-0.2, -0.15) is 13.2 Å². The monoisotopic (exact) mass is 366 g/mol. The van der Waals surface area contributed by atoms with Crippen molar-refractivity contribution in [3.63, 3.8) is 0 Å². The average molecular weight is 366 g/mol. The summed E-state index contributed by atoms with van der Waals surface area (Å²) in [6.45, 7) is 0.657. The van der Waals surface area contributed by atoms with Crippen molar-refractivity contribution >= 4 is 0 Å². The van der Waals surface area contributed by atoms with Crippen molar-refractivity contribution in [2.45, 2.75) is 12.7 Å². The van der Waals surface area contributed by atoms with Gasteiger partial charge in [0.25, 0.3) is 0 Å². The molecule has 0 spiro atoms. The van der Waals surface area contributed by atoms with E-state index in [-0.39, 0.29) is 0 Å². The lowest BCUT2D eigenvalue weighted by atomic mass is 10.1. The second-order valence-electron chi connectivity index (χ2n) is 6.41. The maximum Gasteiger partial charge on any atom is 0.416 e. The van der Waals surface area contributed by atoms with Crippen LogP contribution in [-0.4, -0.2) is 19.3 Å². The van der Waals surface area contributed by atoms with Crippen LogP contribution >= 0.6 is 0 Å². The Kier molecular flexibility index (Phi) is 3.28. The molecule has 0 amide bonds. The molecule has 0 aliphatic carbocycles. The summed E-state index contributed by atoms with van der Waals surface area (Å²) in [6.07, 6.45) is -2.45. The van der Waals surface area contributed by atoms with E-state index in [9.17, 15) is 13.2 Å². The van der Waals surface area contributed by atoms with Gasteiger partial charge in [0, 0.05) is 18.3 Å². The van der Waals surface area contributed by atoms with Crippen LogP contribution in [0.5, 0.6) is 0 Å². The number of hydrogen-bond donors (Lipinski definition) is 0. The lowest BCUT2D eigenvalue weighted by Gasteiger charge is -2.12. The van der Waals surface area contributed by atoms with Crippen LogP contribution < -0.4 is 0 Å². The molecule has 0 unspecified atom stereocenters. The molecule has 4 nitrogen and oxygen atoms in total. The molecule has 0 N–H and O–H groups in total. The summed E-state index contributed by atoms with van der Waals surface area (Å²) >= 11 is 0. The van der Waals surface area contributed by atoms with Crippen molar-refractivity contribution in [1.29, 1.82) is 0 Å².